The average Bonchev–Trinajstić information content (AvgIpc) is 2.52. The Morgan fingerprint density at radius 3 is 2.23 bits per heavy atom. The van der Waals surface area contributed by atoms with Crippen LogP contribution in [-0.2, 0) is 9.53 Å². The number of carbonyl (C=O) groups is 1. The van der Waals surface area contributed by atoms with Crippen molar-refractivity contribution in [3.8, 4) is 11.5 Å². The maximum absolute atomic E-state index is 11.2. The predicted octanol–water partition coefficient (Wildman–Crippen LogP) is 4.03. The molecule has 2 rings (SSSR count). The Labute approximate surface area is 130 Å². The molecule has 4 nitrogen and oxygen atoms in total. The zero-order chi connectivity index (χ0) is 15.8. The van der Waals surface area contributed by atoms with Crippen LogP contribution >= 0.6 is 0 Å². The van der Waals surface area contributed by atoms with Crippen LogP contribution in [0.1, 0.15) is 18.9 Å². The van der Waals surface area contributed by atoms with E-state index < -0.39 is 0 Å². The predicted molar refractivity (Wildman–Crippen MR) is 87.7 cm³/mol. The lowest BCUT2D eigenvalue weighted by Crippen LogP contribution is -2.01. The molecule has 0 saturated carbocycles. The summed E-state index contributed by atoms with van der Waals surface area (Å²) in [6, 6.07) is 14.8. The molecular weight excluding hydrogens is 278 g/mol. The van der Waals surface area contributed by atoms with Crippen LogP contribution in [0, 0.1) is 0 Å². The van der Waals surface area contributed by atoms with Gasteiger partial charge in [-0.2, -0.15) is 0 Å². The molecule has 0 spiro atoms. The molecule has 2 N–H and O–H groups in total. The number of rotatable bonds is 6. The molecule has 0 aromatic heterocycles. The Bertz CT molecular complexity index is 630. The largest absolute Gasteiger partial charge is 0.466 e. The molecule has 2 aromatic rings. The minimum atomic E-state index is -0.220. The van der Waals surface area contributed by atoms with Crippen molar-refractivity contribution in [2.45, 2.75) is 13.3 Å². The first-order chi connectivity index (χ1) is 10.7. The molecule has 0 atom stereocenters. The van der Waals surface area contributed by atoms with Gasteiger partial charge in [0, 0.05) is 5.69 Å². The number of ether oxygens (including phenoxy) is 2. The Kier molecular flexibility index (Phi) is 5.60. The third-order valence-corrected chi connectivity index (χ3v) is 2.90. The normalized spacial score (nSPS) is 10.6. The number of carbonyl (C=O) groups excluding carboxylic acids is 1. The van der Waals surface area contributed by atoms with Crippen molar-refractivity contribution in [2.75, 3.05) is 12.3 Å². The minimum Gasteiger partial charge on any atom is -0.466 e. The summed E-state index contributed by atoms with van der Waals surface area (Å²) in [6.45, 7) is 2.20. The summed E-state index contributed by atoms with van der Waals surface area (Å²) in [4.78, 5) is 11.2. The fourth-order valence-corrected chi connectivity index (χ4v) is 1.83. The van der Waals surface area contributed by atoms with Crippen LogP contribution in [0.25, 0.3) is 6.08 Å². The molecule has 2 aromatic carbocycles. The third-order valence-electron chi connectivity index (χ3n) is 2.90. The Hall–Kier alpha value is -2.75. The molecule has 22 heavy (non-hydrogen) atoms. The number of benzene rings is 2. The van der Waals surface area contributed by atoms with E-state index in [-0.39, 0.29) is 12.4 Å². The molecule has 0 saturated heterocycles. The van der Waals surface area contributed by atoms with E-state index in [4.69, 9.17) is 15.2 Å². The monoisotopic (exact) mass is 297 g/mol. The van der Waals surface area contributed by atoms with Gasteiger partial charge in [0.1, 0.15) is 11.5 Å². The van der Waals surface area contributed by atoms with Gasteiger partial charge in [-0.05, 0) is 48.9 Å². The highest BCUT2D eigenvalue weighted by Crippen LogP contribution is 2.22. The Morgan fingerprint density at radius 1 is 1.05 bits per heavy atom. The summed E-state index contributed by atoms with van der Waals surface area (Å²) >= 11 is 0. The molecule has 0 bridgehead atoms. The third kappa shape index (κ3) is 4.98. The van der Waals surface area contributed by atoms with Crippen molar-refractivity contribution >= 4 is 17.7 Å². The van der Waals surface area contributed by atoms with E-state index in [0.717, 1.165) is 17.1 Å². The maximum Gasteiger partial charge on any atom is 0.309 e. The first kappa shape index (κ1) is 15.6. The molecule has 0 aliphatic rings. The van der Waals surface area contributed by atoms with Crippen LogP contribution in [0.2, 0.25) is 0 Å². The van der Waals surface area contributed by atoms with Crippen molar-refractivity contribution in [3.05, 3.63) is 60.2 Å². The second kappa shape index (κ2) is 7.88. The highest BCUT2D eigenvalue weighted by Gasteiger charge is 1.98. The summed E-state index contributed by atoms with van der Waals surface area (Å²) in [6.07, 6.45) is 3.94. The van der Waals surface area contributed by atoms with Gasteiger partial charge < -0.3 is 15.2 Å². The first-order valence-electron chi connectivity index (χ1n) is 7.13. The van der Waals surface area contributed by atoms with E-state index in [1.807, 2.05) is 42.5 Å². The van der Waals surface area contributed by atoms with Crippen LogP contribution < -0.4 is 10.5 Å². The van der Waals surface area contributed by atoms with Gasteiger partial charge in [-0.15, -0.1) is 0 Å². The van der Waals surface area contributed by atoms with Crippen molar-refractivity contribution in [3.63, 3.8) is 0 Å². The van der Waals surface area contributed by atoms with Gasteiger partial charge in [0.2, 0.25) is 0 Å². The SMILES string of the molecule is CCOC(=O)CC=Cc1ccc(Oc2ccc(N)cc2)cc1. The van der Waals surface area contributed by atoms with Crippen molar-refractivity contribution < 1.29 is 14.3 Å². The lowest BCUT2D eigenvalue weighted by Gasteiger charge is -2.06. The van der Waals surface area contributed by atoms with Gasteiger partial charge >= 0.3 is 5.97 Å². The van der Waals surface area contributed by atoms with E-state index >= 15 is 0 Å². The van der Waals surface area contributed by atoms with Gasteiger partial charge in [0.15, 0.2) is 0 Å². The van der Waals surface area contributed by atoms with E-state index in [1.165, 1.54) is 0 Å². The molecule has 0 amide bonds. The molecular formula is C18H19NO3. The maximum atomic E-state index is 11.2. The highest BCUT2D eigenvalue weighted by atomic mass is 16.5. The quantitative estimate of drug-likeness (QED) is 0.646. The molecule has 0 heterocycles. The number of nitrogen functional groups attached to an aromatic ring is 1. The van der Waals surface area contributed by atoms with Gasteiger partial charge in [-0.1, -0.05) is 24.3 Å². The number of esters is 1. The van der Waals surface area contributed by atoms with Crippen molar-refractivity contribution in [1.82, 2.24) is 0 Å². The topological polar surface area (TPSA) is 61.5 Å². The summed E-state index contributed by atoms with van der Waals surface area (Å²) in [5.74, 6) is 1.26. The smallest absolute Gasteiger partial charge is 0.309 e. The molecule has 0 aliphatic carbocycles. The Morgan fingerprint density at radius 2 is 1.64 bits per heavy atom. The first-order valence-corrected chi connectivity index (χ1v) is 7.13. The van der Waals surface area contributed by atoms with Crippen LogP contribution in [0.4, 0.5) is 5.69 Å². The van der Waals surface area contributed by atoms with E-state index in [1.54, 1.807) is 25.1 Å². The van der Waals surface area contributed by atoms with Crippen LogP contribution in [0.3, 0.4) is 0 Å². The van der Waals surface area contributed by atoms with E-state index in [2.05, 4.69) is 0 Å². The molecule has 4 heteroatoms. The molecule has 0 fully saturated rings. The van der Waals surface area contributed by atoms with Crippen molar-refractivity contribution in [2.24, 2.45) is 0 Å². The zero-order valence-electron chi connectivity index (χ0n) is 12.5. The molecule has 0 radical (unpaired) electrons. The number of nitrogens with two attached hydrogens (primary N) is 1. The van der Waals surface area contributed by atoms with Crippen LogP contribution in [0.15, 0.2) is 54.6 Å². The van der Waals surface area contributed by atoms with Gasteiger partial charge in [-0.3, -0.25) is 4.79 Å². The van der Waals surface area contributed by atoms with Crippen LogP contribution in [-0.4, -0.2) is 12.6 Å². The number of hydrogen-bond donors (Lipinski definition) is 1. The summed E-state index contributed by atoms with van der Waals surface area (Å²) in [5.41, 5.74) is 7.33. The van der Waals surface area contributed by atoms with Crippen molar-refractivity contribution in [1.29, 1.82) is 0 Å². The lowest BCUT2D eigenvalue weighted by molar-refractivity contribution is -0.142. The average molecular weight is 297 g/mol. The van der Waals surface area contributed by atoms with Gasteiger partial charge in [0.05, 0.1) is 13.0 Å². The fourth-order valence-electron chi connectivity index (χ4n) is 1.83. The Balaban J connectivity index is 1.91. The fraction of sp³-hybridized carbons (Fsp3) is 0.167. The molecule has 0 unspecified atom stereocenters. The number of anilines is 1. The summed E-state index contributed by atoms with van der Waals surface area (Å²) < 4.78 is 10.6. The standard InChI is InChI=1S/C18H19NO3/c1-2-21-18(20)5-3-4-14-6-10-16(11-7-14)22-17-12-8-15(19)9-13-17/h3-4,6-13H,2,5,19H2,1H3. The van der Waals surface area contributed by atoms with E-state index in [0.29, 0.717) is 12.3 Å². The second-order valence-corrected chi connectivity index (χ2v) is 4.65. The second-order valence-electron chi connectivity index (χ2n) is 4.65. The minimum absolute atomic E-state index is 0.220. The summed E-state index contributed by atoms with van der Waals surface area (Å²) in [5, 5.41) is 0. The number of hydrogen-bond acceptors (Lipinski definition) is 4. The summed E-state index contributed by atoms with van der Waals surface area (Å²) in [7, 11) is 0. The molecule has 0 aliphatic heterocycles. The van der Waals surface area contributed by atoms with E-state index in [9.17, 15) is 4.79 Å². The molecule has 114 valence electrons. The van der Waals surface area contributed by atoms with Crippen LogP contribution in [0.5, 0.6) is 11.5 Å². The zero-order valence-corrected chi connectivity index (χ0v) is 12.5. The van der Waals surface area contributed by atoms with Gasteiger partial charge in [0.25, 0.3) is 0 Å². The lowest BCUT2D eigenvalue weighted by atomic mass is 10.2. The van der Waals surface area contributed by atoms with Gasteiger partial charge in [-0.25, -0.2) is 0 Å². The highest BCUT2D eigenvalue weighted by molar-refractivity contribution is 5.72.